The Labute approximate surface area is 108 Å². The first kappa shape index (κ1) is 13.1. The second kappa shape index (κ2) is 5.12. The number of allylic oxidation sites excluding steroid dienone is 2. The molecule has 0 saturated heterocycles. The van der Waals surface area contributed by atoms with Crippen molar-refractivity contribution in [3.05, 3.63) is 12.2 Å². The molecule has 18 heavy (non-hydrogen) atoms. The van der Waals surface area contributed by atoms with Crippen LogP contribution >= 0.6 is 0 Å². The van der Waals surface area contributed by atoms with Gasteiger partial charge in [0.25, 0.3) is 0 Å². The van der Waals surface area contributed by atoms with Crippen LogP contribution in [0.5, 0.6) is 0 Å². The molecule has 1 N–H and O–H groups in total. The van der Waals surface area contributed by atoms with E-state index in [2.05, 4.69) is 0 Å². The summed E-state index contributed by atoms with van der Waals surface area (Å²) >= 11 is 0. The summed E-state index contributed by atoms with van der Waals surface area (Å²) in [6.45, 7) is 5.37. The van der Waals surface area contributed by atoms with Gasteiger partial charge in [0, 0.05) is 13.1 Å². The highest BCUT2D eigenvalue weighted by atomic mass is 16.4. The van der Waals surface area contributed by atoms with E-state index in [1.165, 1.54) is 0 Å². The summed E-state index contributed by atoms with van der Waals surface area (Å²) in [7, 11) is 0. The van der Waals surface area contributed by atoms with E-state index in [4.69, 9.17) is 0 Å². The lowest BCUT2D eigenvalue weighted by Crippen LogP contribution is -2.43. The molecule has 0 spiro atoms. The van der Waals surface area contributed by atoms with E-state index < -0.39 is 11.9 Å². The molecule has 0 aromatic carbocycles. The maximum Gasteiger partial charge on any atom is 0.307 e. The molecule has 4 nitrogen and oxygen atoms in total. The number of nitrogens with zero attached hydrogens (tertiary/aromatic N) is 1. The fourth-order valence-electron chi connectivity index (χ4n) is 3.40. The van der Waals surface area contributed by atoms with Gasteiger partial charge in [-0.05, 0) is 31.6 Å². The Balaban J connectivity index is 2.18. The normalized spacial score (nSPS) is 32.8. The number of aliphatic carboxylic acids is 1. The third kappa shape index (κ3) is 2.04. The molecule has 1 saturated carbocycles. The van der Waals surface area contributed by atoms with Gasteiger partial charge in [-0.3, -0.25) is 9.59 Å². The molecule has 2 aliphatic carbocycles. The molecule has 2 rings (SSSR count). The number of hydrogen-bond donors (Lipinski definition) is 1. The van der Waals surface area contributed by atoms with E-state index in [1.807, 2.05) is 26.0 Å². The van der Waals surface area contributed by atoms with Crippen molar-refractivity contribution in [2.24, 2.45) is 23.7 Å². The van der Waals surface area contributed by atoms with Gasteiger partial charge in [0.05, 0.1) is 11.8 Å². The van der Waals surface area contributed by atoms with Gasteiger partial charge >= 0.3 is 5.97 Å². The largest absolute Gasteiger partial charge is 0.481 e. The molecular weight excluding hydrogens is 230 g/mol. The molecule has 0 radical (unpaired) electrons. The zero-order valence-corrected chi connectivity index (χ0v) is 11.0. The molecular formula is C14H21NO3. The average molecular weight is 251 g/mol. The van der Waals surface area contributed by atoms with Crippen molar-refractivity contribution in [1.82, 2.24) is 4.90 Å². The van der Waals surface area contributed by atoms with Crippen LogP contribution in [0.25, 0.3) is 0 Å². The lowest BCUT2D eigenvalue weighted by Gasteiger charge is -2.30. The zero-order valence-electron chi connectivity index (χ0n) is 11.0. The standard InChI is InChI=1S/C14H21NO3/c1-3-7-15(4-2)13(16)11-9-5-6-10(8-9)12(11)14(17)18/h5-6,9-12H,3-4,7-8H2,1-2H3,(H,17,18)/t9?,10?,11-,12+/m0/s1. The smallest absolute Gasteiger partial charge is 0.307 e. The Morgan fingerprint density at radius 1 is 1.22 bits per heavy atom. The first-order valence-corrected chi connectivity index (χ1v) is 6.80. The molecule has 100 valence electrons. The van der Waals surface area contributed by atoms with Crippen molar-refractivity contribution in [1.29, 1.82) is 0 Å². The van der Waals surface area contributed by atoms with Gasteiger partial charge in [0.2, 0.25) is 5.91 Å². The van der Waals surface area contributed by atoms with Crippen LogP contribution < -0.4 is 0 Å². The fourth-order valence-corrected chi connectivity index (χ4v) is 3.40. The Hall–Kier alpha value is -1.32. The molecule has 0 aromatic rings. The molecule has 4 heteroatoms. The quantitative estimate of drug-likeness (QED) is 0.758. The van der Waals surface area contributed by atoms with E-state index in [1.54, 1.807) is 4.90 Å². The van der Waals surface area contributed by atoms with E-state index in [-0.39, 0.29) is 23.7 Å². The second-order valence-electron chi connectivity index (χ2n) is 5.26. The number of rotatable bonds is 5. The molecule has 1 amide bonds. The first-order chi connectivity index (χ1) is 8.60. The lowest BCUT2D eigenvalue weighted by atomic mass is 9.82. The summed E-state index contributed by atoms with van der Waals surface area (Å²) in [5, 5.41) is 9.33. The average Bonchev–Trinajstić information content (AvgIpc) is 2.94. The van der Waals surface area contributed by atoms with Gasteiger partial charge in [0.1, 0.15) is 0 Å². The Morgan fingerprint density at radius 3 is 2.33 bits per heavy atom. The summed E-state index contributed by atoms with van der Waals surface area (Å²) in [5.41, 5.74) is 0. The third-order valence-corrected chi connectivity index (χ3v) is 4.22. The van der Waals surface area contributed by atoms with Gasteiger partial charge in [-0.1, -0.05) is 19.1 Å². The molecule has 4 atom stereocenters. The number of carboxylic acids is 1. The lowest BCUT2D eigenvalue weighted by molar-refractivity contribution is -0.151. The van der Waals surface area contributed by atoms with Gasteiger partial charge in [-0.2, -0.15) is 0 Å². The maximum atomic E-state index is 12.5. The van der Waals surface area contributed by atoms with Crippen LogP contribution in [0.1, 0.15) is 26.7 Å². The number of carbonyl (C=O) groups excluding carboxylic acids is 1. The van der Waals surface area contributed by atoms with E-state index in [9.17, 15) is 14.7 Å². The molecule has 2 bridgehead atoms. The van der Waals surface area contributed by atoms with E-state index in [0.29, 0.717) is 6.54 Å². The summed E-state index contributed by atoms with van der Waals surface area (Å²) in [6, 6.07) is 0. The van der Waals surface area contributed by atoms with Crippen LogP contribution in [-0.4, -0.2) is 35.0 Å². The summed E-state index contributed by atoms with van der Waals surface area (Å²) in [5.74, 6) is -1.46. The third-order valence-electron chi connectivity index (χ3n) is 4.22. The summed E-state index contributed by atoms with van der Waals surface area (Å²) in [6.07, 6.45) is 5.75. The van der Waals surface area contributed by atoms with Crippen molar-refractivity contribution >= 4 is 11.9 Å². The van der Waals surface area contributed by atoms with Crippen LogP contribution in [0.15, 0.2) is 12.2 Å². The molecule has 0 aliphatic heterocycles. The predicted octanol–water partition coefficient (Wildman–Crippen LogP) is 1.77. The number of carboxylic acid groups (broad SMARTS) is 1. The minimum absolute atomic E-state index is 0.0311. The topological polar surface area (TPSA) is 57.6 Å². The number of carbonyl (C=O) groups is 2. The van der Waals surface area contributed by atoms with Crippen molar-refractivity contribution < 1.29 is 14.7 Å². The van der Waals surface area contributed by atoms with Crippen molar-refractivity contribution in [3.63, 3.8) is 0 Å². The van der Waals surface area contributed by atoms with Crippen LogP contribution in [0.4, 0.5) is 0 Å². The highest BCUT2D eigenvalue weighted by molar-refractivity contribution is 5.86. The summed E-state index contributed by atoms with van der Waals surface area (Å²) < 4.78 is 0. The van der Waals surface area contributed by atoms with Crippen LogP contribution in [0.2, 0.25) is 0 Å². The molecule has 0 heterocycles. The molecule has 2 unspecified atom stereocenters. The van der Waals surface area contributed by atoms with Crippen LogP contribution in [-0.2, 0) is 9.59 Å². The van der Waals surface area contributed by atoms with Gasteiger partial charge in [-0.25, -0.2) is 0 Å². The molecule has 2 aliphatic rings. The zero-order chi connectivity index (χ0) is 13.3. The van der Waals surface area contributed by atoms with Gasteiger partial charge in [0.15, 0.2) is 0 Å². The highest BCUT2D eigenvalue weighted by Gasteiger charge is 2.52. The fraction of sp³-hybridized carbons (Fsp3) is 0.714. The second-order valence-corrected chi connectivity index (χ2v) is 5.26. The predicted molar refractivity (Wildman–Crippen MR) is 67.9 cm³/mol. The highest BCUT2D eigenvalue weighted by Crippen LogP contribution is 2.48. The van der Waals surface area contributed by atoms with Crippen molar-refractivity contribution in [2.75, 3.05) is 13.1 Å². The van der Waals surface area contributed by atoms with Crippen LogP contribution in [0, 0.1) is 23.7 Å². The van der Waals surface area contributed by atoms with Crippen molar-refractivity contribution in [3.8, 4) is 0 Å². The van der Waals surface area contributed by atoms with E-state index in [0.717, 1.165) is 19.4 Å². The Kier molecular flexibility index (Phi) is 3.73. The Bertz CT molecular complexity index is 377. The van der Waals surface area contributed by atoms with Crippen molar-refractivity contribution in [2.45, 2.75) is 26.7 Å². The molecule has 1 fully saturated rings. The van der Waals surface area contributed by atoms with Gasteiger partial charge < -0.3 is 10.0 Å². The number of amides is 1. The monoisotopic (exact) mass is 251 g/mol. The number of fused-ring (bicyclic) bond motifs is 2. The minimum atomic E-state index is -0.822. The summed E-state index contributed by atoms with van der Waals surface area (Å²) in [4.78, 5) is 25.7. The van der Waals surface area contributed by atoms with Crippen LogP contribution in [0.3, 0.4) is 0 Å². The molecule has 0 aromatic heterocycles. The Morgan fingerprint density at radius 2 is 1.83 bits per heavy atom. The first-order valence-electron chi connectivity index (χ1n) is 6.80. The maximum absolute atomic E-state index is 12.5. The SMILES string of the molecule is CCCN(CC)C(=O)[C@H]1C2C=CC(C2)[C@H]1C(=O)O. The number of hydrogen-bond acceptors (Lipinski definition) is 2. The van der Waals surface area contributed by atoms with Gasteiger partial charge in [-0.15, -0.1) is 0 Å². The van der Waals surface area contributed by atoms with E-state index >= 15 is 0 Å². The minimum Gasteiger partial charge on any atom is -0.481 e.